The fraction of sp³-hybridized carbons (Fsp3) is 0.375. The van der Waals surface area contributed by atoms with Crippen LogP contribution in [-0.2, 0) is 24.9 Å². The zero-order chi connectivity index (χ0) is 27.5. The average molecular weight is 527 g/mol. The lowest BCUT2D eigenvalue weighted by Crippen LogP contribution is -2.47. The van der Waals surface area contributed by atoms with Crippen molar-refractivity contribution in [3.8, 4) is 11.1 Å². The smallest absolute Gasteiger partial charge is 0.271 e. The number of pyridine rings is 1. The lowest BCUT2D eigenvalue weighted by molar-refractivity contribution is -0.0242. The summed E-state index contributed by atoms with van der Waals surface area (Å²) in [6, 6.07) is 20.1. The van der Waals surface area contributed by atoms with Crippen molar-refractivity contribution in [2.24, 2.45) is 13.0 Å². The van der Waals surface area contributed by atoms with Gasteiger partial charge in [-0.3, -0.25) is 14.7 Å². The first-order valence-corrected chi connectivity index (χ1v) is 13.7. The maximum absolute atomic E-state index is 14.4. The van der Waals surface area contributed by atoms with Gasteiger partial charge in [0.1, 0.15) is 5.69 Å². The number of aliphatic hydroxyl groups is 1. The van der Waals surface area contributed by atoms with Crippen molar-refractivity contribution in [3.05, 3.63) is 89.9 Å². The summed E-state index contributed by atoms with van der Waals surface area (Å²) in [5.74, 6) is -0.0380. The van der Waals surface area contributed by atoms with E-state index in [4.69, 9.17) is 4.74 Å². The summed E-state index contributed by atoms with van der Waals surface area (Å²) in [6.07, 6.45) is 3.50. The Kier molecular flexibility index (Phi) is 8.12. The quantitative estimate of drug-likeness (QED) is 0.393. The first kappa shape index (κ1) is 27.1. The lowest BCUT2D eigenvalue weighted by Gasteiger charge is -2.35. The standard InChI is InChI=1S/C32H38N4O3/c1-22-17-36(23(2)20-37)32(38)31-30(27-11-7-8-12-28(27)35(31)4)26-10-6-5-9-25(26)21-39-29(22)19-34(3)18-24-13-15-33-16-14-24/h5-16,22-23,29,37H,17-21H2,1-4H3/t22-,23-,29-/m0/s1. The van der Waals surface area contributed by atoms with E-state index < -0.39 is 0 Å². The summed E-state index contributed by atoms with van der Waals surface area (Å²) >= 11 is 0. The second-order valence-corrected chi connectivity index (χ2v) is 10.8. The van der Waals surface area contributed by atoms with E-state index in [1.807, 2.05) is 72.2 Å². The van der Waals surface area contributed by atoms with Gasteiger partial charge in [0.2, 0.25) is 0 Å². The van der Waals surface area contributed by atoms with Gasteiger partial charge >= 0.3 is 0 Å². The van der Waals surface area contributed by atoms with Gasteiger partial charge in [-0.05, 0) is 48.9 Å². The number of amides is 1. The first-order valence-electron chi connectivity index (χ1n) is 13.7. The number of hydrogen-bond donors (Lipinski definition) is 1. The summed E-state index contributed by atoms with van der Waals surface area (Å²) in [7, 11) is 4.05. The predicted molar refractivity (Wildman–Crippen MR) is 154 cm³/mol. The molecule has 3 heterocycles. The molecule has 1 aliphatic heterocycles. The van der Waals surface area contributed by atoms with Gasteiger partial charge in [-0.25, -0.2) is 0 Å². The fourth-order valence-electron chi connectivity index (χ4n) is 5.70. The third kappa shape index (κ3) is 5.48. The van der Waals surface area contributed by atoms with Gasteiger partial charge in [0.05, 0.1) is 25.4 Å². The number of likely N-dealkylation sites (N-methyl/N-ethyl adjacent to an activating group) is 1. The van der Waals surface area contributed by atoms with Crippen LogP contribution in [0.15, 0.2) is 73.1 Å². The van der Waals surface area contributed by atoms with E-state index in [-0.39, 0.29) is 30.6 Å². The Morgan fingerprint density at radius 2 is 1.82 bits per heavy atom. The van der Waals surface area contributed by atoms with E-state index >= 15 is 0 Å². The van der Waals surface area contributed by atoms with Crippen molar-refractivity contribution in [2.45, 2.75) is 39.1 Å². The highest BCUT2D eigenvalue weighted by atomic mass is 16.5. The van der Waals surface area contributed by atoms with E-state index in [0.29, 0.717) is 25.4 Å². The number of nitrogens with zero attached hydrogens (tertiary/aromatic N) is 4. The number of ether oxygens (including phenoxy) is 1. The van der Waals surface area contributed by atoms with Crippen LogP contribution in [0.25, 0.3) is 22.0 Å². The Morgan fingerprint density at radius 1 is 1.10 bits per heavy atom. The number of para-hydroxylation sites is 1. The Labute approximate surface area is 230 Å². The van der Waals surface area contributed by atoms with Crippen molar-refractivity contribution < 1.29 is 14.6 Å². The SMILES string of the molecule is C[C@H]1CN([C@@H](C)CO)C(=O)c2c(c3ccccc3n2C)-c2ccccc2CO[C@H]1CN(C)Cc1ccncc1. The summed E-state index contributed by atoms with van der Waals surface area (Å²) < 4.78 is 8.69. The number of rotatable bonds is 6. The Balaban J connectivity index is 1.58. The second-order valence-electron chi connectivity index (χ2n) is 10.8. The molecular weight excluding hydrogens is 488 g/mol. The summed E-state index contributed by atoms with van der Waals surface area (Å²) in [4.78, 5) is 22.6. The molecule has 39 heavy (non-hydrogen) atoms. The van der Waals surface area contributed by atoms with Gasteiger partial charge in [-0.15, -0.1) is 0 Å². The monoisotopic (exact) mass is 526 g/mol. The number of carbonyl (C=O) groups is 1. The molecule has 0 aliphatic carbocycles. The van der Waals surface area contributed by atoms with E-state index in [2.05, 4.69) is 48.1 Å². The minimum absolute atomic E-state index is 0.0336. The highest BCUT2D eigenvalue weighted by molar-refractivity contribution is 6.10. The van der Waals surface area contributed by atoms with Crippen molar-refractivity contribution in [1.82, 2.24) is 19.4 Å². The van der Waals surface area contributed by atoms with Crippen LogP contribution in [0.4, 0.5) is 0 Å². The molecule has 7 nitrogen and oxygen atoms in total. The molecule has 0 saturated carbocycles. The maximum atomic E-state index is 14.4. The highest BCUT2D eigenvalue weighted by Crippen LogP contribution is 2.38. The van der Waals surface area contributed by atoms with E-state index in [0.717, 1.165) is 34.1 Å². The molecular formula is C32H38N4O3. The topological polar surface area (TPSA) is 70.8 Å². The van der Waals surface area contributed by atoms with E-state index in [1.165, 1.54) is 5.56 Å². The molecule has 0 unspecified atom stereocenters. The molecule has 0 fully saturated rings. The molecule has 5 rings (SSSR count). The molecule has 0 saturated heterocycles. The Hall–Kier alpha value is -3.52. The number of aromatic nitrogens is 2. The molecule has 204 valence electrons. The van der Waals surface area contributed by atoms with Crippen LogP contribution in [0.1, 0.15) is 35.5 Å². The summed E-state index contributed by atoms with van der Waals surface area (Å²) in [5.41, 5.74) is 5.82. The van der Waals surface area contributed by atoms with Crippen molar-refractivity contribution in [1.29, 1.82) is 0 Å². The molecule has 0 radical (unpaired) electrons. The largest absolute Gasteiger partial charge is 0.394 e. The van der Waals surface area contributed by atoms with Gasteiger partial charge < -0.3 is 19.3 Å². The van der Waals surface area contributed by atoms with Crippen molar-refractivity contribution in [3.63, 3.8) is 0 Å². The van der Waals surface area contributed by atoms with E-state index in [1.54, 1.807) is 0 Å². The molecule has 2 aromatic heterocycles. The summed E-state index contributed by atoms with van der Waals surface area (Å²) in [5, 5.41) is 11.2. The first-order chi connectivity index (χ1) is 18.9. The zero-order valence-corrected chi connectivity index (χ0v) is 23.2. The minimum Gasteiger partial charge on any atom is -0.394 e. The molecule has 0 spiro atoms. The Morgan fingerprint density at radius 3 is 2.59 bits per heavy atom. The van der Waals surface area contributed by atoms with Gasteiger partial charge in [0, 0.05) is 61.5 Å². The van der Waals surface area contributed by atoms with E-state index in [9.17, 15) is 9.90 Å². The van der Waals surface area contributed by atoms with Crippen LogP contribution in [-0.4, -0.2) is 69.3 Å². The summed E-state index contributed by atoms with van der Waals surface area (Å²) in [6.45, 7) is 6.34. The average Bonchev–Trinajstić information content (AvgIpc) is 3.24. The van der Waals surface area contributed by atoms with Crippen LogP contribution in [0.5, 0.6) is 0 Å². The number of hydrogen-bond acceptors (Lipinski definition) is 5. The second kappa shape index (κ2) is 11.7. The minimum atomic E-state index is -0.336. The highest BCUT2D eigenvalue weighted by Gasteiger charge is 2.33. The molecule has 4 aromatic rings. The molecule has 3 atom stereocenters. The number of benzene rings is 2. The number of aliphatic hydroxyl groups excluding tert-OH is 1. The third-order valence-electron chi connectivity index (χ3n) is 7.92. The van der Waals surface area contributed by atoms with Crippen LogP contribution < -0.4 is 0 Å². The number of carbonyl (C=O) groups excluding carboxylic acids is 1. The fourth-order valence-corrected chi connectivity index (χ4v) is 5.70. The van der Waals surface area contributed by atoms with Gasteiger partial charge in [0.25, 0.3) is 5.91 Å². The van der Waals surface area contributed by atoms with Gasteiger partial charge in [0.15, 0.2) is 0 Å². The molecule has 1 aliphatic rings. The molecule has 0 bridgehead atoms. The van der Waals surface area contributed by atoms with Crippen molar-refractivity contribution in [2.75, 3.05) is 26.7 Å². The van der Waals surface area contributed by atoms with Gasteiger partial charge in [-0.1, -0.05) is 49.4 Å². The molecule has 1 N–H and O–H groups in total. The normalized spacial score (nSPS) is 19.0. The molecule has 2 aromatic carbocycles. The number of aryl methyl sites for hydroxylation is 1. The van der Waals surface area contributed by atoms with Gasteiger partial charge in [-0.2, -0.15) is 0 Å². The maximum Gasteiger partial charge on any atom is 0.271 e. The zero-order valence-electron chi connectivity index (χ0n) is 23.2. The number of fused-ring (bicyclic) bond motifs is 5. The Bertz CT molecular complexity index is 1430. The molecule has 1 amide bonds. The lowest BCUT2D eigenvalue weighted by atomic mass is 9.96. The van der Waals surface area contributed by atoms with Crippen LogP contribution in [0, 0.1) is 5.92 Å². The molecule has 7 heteroatoms. The van der Waals surface area contributed by atoms with Crippen LogP contribution >= 0.6 is 0 Å². The predicted octanol–water partition coefficient (Wildman–Crippen LogP) is 4.73. The van der Waals surface area contributed by atoms with Crippen LogP contribution in [0.2, 0.25) is 0 Å². The van der Waals surface area contributed by atoms with Crippen LogP contribution in [0.3, 0.4) is 0 Å². The third-order valence-corrected chi connectivity index (χ3v) is 7.92. The van der Waals surface area contributed by atoms with Crippen molar-refractivity contribution >= 4 is 16.8 Å².